The van der Waals surface area contributed by atoms with E-state index in [0.717, 1.165) is 11.3 Å². The van der Waals surface area contributed by atoms with Crippen LogP contribution in [0.5, 0.6) is 0 Å². The molecule has 26 heavy (non-hydrogen) atoms. The molecule has 1 aromatic heterocycles. The fourth-order valence-electron chi connectivity index (χ4n) is 2.29. The Morgan fingerprint density at radius 3 is 2.62 bits per heavy atom. The van der Waals surface area contributed by atoms with Gasteiger partial charge >= 0.3 is 0 Å². The van der Waals surface area contributed by atoms with E-state index in [9.17, 15) is 9.59 Å². The summed E-state index contributed by atoms with van der Waals surface area (Å²) >= 11 is 0. The predicted molar refractivity (Wildman–Crippen MR) is 99.7 cm³/mol. The molecule has 2 rings (SSSR count). The fourth-order valence-corrected chi connectivity index (χ4v) is 2.29. The highest BCUT2D eigenvalue weighted by Gasteiger charge is 2.11. The third-order valence-corrected chi connectivity index (χ3v) is 3.53. The predicted octanol–water partition coefficient (Wildman–Crippen LogP) is 3.00. The van der Waals surface area contributed by atoms with E-state index in [4.69, 9.17) is 5.26 Å². The maximum atomic E-state index is 12.5. The first kappa shape index (κ1) is 18.9. The van der Waals surface area contributed by atoms with Crippen LogP contribution in [0.2, 0.25) is 0 Å². The maximum Gasteiger partial charge on any atom is 0.246 e. The van der Waals surface area contributed by atoms with Crippen molar-refractivity contribution in [2.24, 2.45) is 0 Å². The highest BCUT2D eigenvalue weighted by atomic mass is 16.2. The van der Waals surface area contributed by atoms with E-state index >= 15 is 0 Å². The van der Waals surface area contributed by atoms with Crippen molar-refractivity contribution in [3.05, 3.63) is 66.0 Å². The number of benzene rings is 1. The summed E-state index contributed by atoms with van der Waals surface area (Å²) in [5, 5.41) is 11.5. The van der Waals surface area contributed by atoms with E-state index in [2.05, 4.69) is 16.4 Å². The molecule has 6 heteroatoms. The molecular formula is C20H20N4O2. The first-order valence-corrected chi connectivity index (χ1v) is 8.20. The number of hydrogen-bond donors (Lipinski definition) is 1. The van der Waals surface area contributed by atoms with Crippen LogP contribution in [-0.2, 0) is 16.1 Å². The molecule has 0 aliphatic heterocycles. The molecule has 0 saturated heterocycles. The Balaban J connectivity index is 2.04. The zero-order valence-electron chi connectivity index (χ0n) is 14.6. The number of nitrogens with one attached hydrogen (secondary N) is 1. The Morgan fingerprint density at radius 1 is 1.23 bits per heavy atom. The van der Waals surface area contributed by atoms with Gasteiger partial charge in [-0.2, -0.15) is 5.26 Å². The summed E-state index contributed by atoms with van der Waals surface area (Å²) in [5.74, 6) is -0.317. The molecule has 6 nitrogen and oxygen atoms in total. The number of nitriles is 1. The summed E-state index contributed by atoms with van der Waals surface area (Å²) in [5.41, 5.74) is 2.31. The molecule has 132 valence electrons. The van der Waals surface area contributed by atoms with Gasteiger partial charge in [0, 0.05) is 31.4 Å². The number of amides is 2. The Kier molecular flexibility index (Phi) is 7.07. The van der Waals surface area contributed by atoms with Crippen LogP contribution in [0.15, 0.2) is 54.7 Å². The van der Waals surface area contributed by atoms with Gasteiger partial charge in [-0.25, -0.2) is 0 Å². The molecule has 0 unspecified atom stereocenters. The summed E-state index contributed by atoms with van der Waals surface area (Å²) in [6, 6.07) is 14.8. The Morgan fingerprint density at radius 2 is 2.00 bits per heavy atom. The second-order valence-corrected chi connectivity index (χ2v) is 5.63. The largest absolute Gasteiger partial charge is 0.332 e. The van der Waals surface area contributed by atoms with Gasteiger partial charge in [0.05, 0.1) is 24.7 Å². The summed E-state index contributed by atoms with van der Waals surface area (Å²) in [6.45, 7) is 2.15. The van der Waals surface area contributed by atoms with E-state index in [1.54, 1.807) is 29.3 Å². The van der Waals surface area contributed by atoms with Gasteiger partial charge in [0.15, 0.2) is 0 Å². The third kappa shape index (κ3) is 6.21. The molecule has 1 aromatic carbocycles. The quantitative estimate of drug-likeness (QED) is 0.779. The minimum absolute atomic E-state index is 0.133. The molecule has 0 aliphatic rings. The van der Waals surface area contributed by atoms with E-state index < -0.39 is 0 Å². The topological polar surface area (TPSA) is 86.1 Å². The van der Waals surface area contributed by atoms with E-state index in [1.807, 2.05) is 30.3 Å². The molecule has 0 spiro atoms. The van der Waals surface area contributed by atoms with Crippen molar-refractivity contribution in [2.45, 2.75) is 19.9 Å². The lowest BCUT2D eigenvalue weighted by Gasteiger charge is -2.19. The highest BCUT2D eigenvalue weighted by Crippen LogP contribution is 2.11. The number of rotatable bonds is 7. The van der Waals surface area contributed by atoms with Crippen LogP contribution in [0.1, 0.15) is 24.6 Å². The second kappa shape index (κ2) is 9.74. The maximum absolute atomic E-state index is 12.5. The van der Waals surface area contributed by atoms with Crippen molar-refractivity contribution < 1.29 is 9.59 Å². The minimum atomic E-state index is -0.183. The summed E-state index contributed by atoms with van der Waals surface area (Å²) in [6.07, 6.45) is 5.12. The Hall–Kier alpha value is -3.46. The van der Waals surface area contributed by atoms with Crippen LogP contribution in [0, 0.1) is 11.3 Å². The van der Waals surface area contributed by atoms with Crippen molar-refractivity contribution in [2.75, 3.05) is 11.9 Å². The Labute approximate surface area is 152 Å². The normalized spacial score (nSPS) is 10.3. The number of nitrogens with zero attached hydrogens (tertiary/aromatic N) is 3. The molecule has 0 atom stereocenters. The number of anilines is 1. The lowest BCUT2D eigenvalue weighted by molar-refractivity contribution is -0.126. The summed E-state index contributed by atoms with van der Waals surface area (Å²) in [4.78, 5) is 29.3. The lowest BCUT2D eigenvalue weighted by Crippen LogP contribution is -2.30. The van der Waals surface area contributed by atoms with Gasteiger partial charge < -0.3 is 10.2 Å². The number of carbonyl (C=O) groups excluding carboxylic acids is 2. The lowest BCUT2D eigenvalue weighted by atomic mass is 10.2. The van der Waals surface area contributed by atoms with Crippen molar-refractivity contribution in [3.63, 3.8) is 0 Å². The van der Waals surface area contributed by atoms with Gasteiger partial charge in [-0.15, -0.1) is 0 Å². The molecule has 0 saturated carbocycles. The summed E-state index contributed by atoms with van der Waals surface area (Å²) in [7, 11) is 0. The molecule has 1 heterocycles. The van der Waals surface area contributed by atoms with Gasteiger partial charge in [0.25, 0.3) is 0 Å². The highest BCUT2D eigenvalue weighted by molar-refractivity contribution is 5.92. The molecule has 0 radical (unpaired) electrons. The minimum Gasteiger partial charge on any atom is -0.332 e. The van der Waals surface area contributed by atoms with Gasteiger partial charge in [-0.3, -0.25) is 14.6 Å². The standard InChI is InChI=1S/C20H20N4O2/c1-16(25)23-18-9-6-17(7-10-18)8-11-20(26)24(14-4-12-21)15-19-5-2-3-13-22-19/h2-3,5-11,13H,4,14-15H2,1H3,(H,23,25)/b11-8-. The average molecular weight is 348 g/mol. The zero-order chi connectivity index (χ0) is 18.8. The van der Waals surface area contributed by atoms with Crippen LogP contribution in [-0.4, -0.2) is 28.2 Å². The number of aromatic nitrogens is 1. The number of hydrogen-bond acceptors (Lipinski definition) is 4. The Bertz CT molecular complexity index is 808. The van der Waals surface area contributed by atoms with Crippen LogP contribution in [0.4, 0.5) is 5.69 Å². The zero-order valence-corrected chi connectivity index (χ0v) is 14.6. The SMILES string of the molecule is CC(=O)Nc1ccc(/C=C\C(=O)N(CCC#N)Cc2ccccn2)cc1. The van der Waals surface area contributed by atoms with Gasteiger partial charge in [-0.1, -0.05) is 18.2 Å². The van der Waals surface area contributed by atoms with Crippen LogP contribution in [0.3, 0.4) is 0 Å². The van der Waals surface area contributed by atoms with Crippen molar-refractivity contribution in [1.29, 1.82) is 5.26 Å². The molecule has 2 aromatic rings. The van der Waals surface area contributed by atoms with Crippen LogP contribution < -0.4 is 5.32 Å². The van der Waals surface area contributed by atoms with Gasteiger partial charge in [0.1, 0.15) is 0 Å². The van der Waals surface area contributed by atoms with E-state index in [0.29, 0.717) is 18.8 Å². The van der Waals surface area contributed by atoms with Crippen molar-refractivity contribution in [1.82, 2.24) is 9.88 Å². The smallest absolute Gasteiger partial charge is 0.246 e. The molecule has 2 amide bonds. The van der Waals surface area contributed by atoms with E-state index in [-0.39, 0.29) is 18.2 Å². The number of pyridine rings is 1. The van der Waals surface area contributed by atoms with Gasteiger partial charge in [0.2, 0.25) is 11.8 Å². The fraction of sp³-hybridized carbons (Fsp3) is 0.200. The molecular weight excluding hydrogens is 328 g/mol. The van der Waals surface area contributed by atoms with Crippen LogP contribution in [0.25, 0.3) is 6.08 Å². The molecule has 0 bridgehead atoms. The van der Waals surface area contributed by atoms with Gasteiger partial charge in [-0.05, 0) is 35.9 Å². The van der Waals surface area contributed by atoms with Crippen LogP contribution >= 0.6 is 0 Å². The first-order valence-electron chi connectivity index (χ1n) is 8.20. The summed E-state index contributed by atoms with van der Waals surface area (Å²) < 4.78 is 0. The number of carbonyl (C=O) groups is 2. The molecule has 1 N–H and O–H groups in total. The van der Waals surface area contributed by atoms with E-state index in [1.165, 1.54) is 13.0 Å². The molecule has 0 aliphatic carbocycles. The second-order valence-electron chi connectivity index (χ2n) is 5.63. The average Bonchev–Trinajstić information content (AvgIpc) is 2.64. The monoisotopic (exact) mass is 348 g/mol. The molecule has 0 fully saturated rings. The van der Waals surface area contributed by atoms with Crippen molar-refractivity contribution >= 4 is 23.6 Å². The first-order chi connectivity index (χ1) is 12.6. The van der Waals surface area contributed by atoms with Crippen molar-refractivity contribution in [3.8, 4) is 6.07 Å². The third-order valence-electron chi connectivity index (χ3n) is 3.53.